The molecular formula is C19H12Cl3F7N2O3. The topological polar surface area (TPSA) is 67.4 Å². The van der Waals surface area contributed by atoms with Crippen LogP contribution >= 0.6 is 34.8 Å². The SMILES string of the molecule is O=C(Nc1cccc(NC(=O)c2ccc(C(F)(C(F)(F)F)C(F)(F)F)cc2)c1)OCC(Cl)(Cl)Cl. The van der Waals surface area contributed by atoms with Crippen molar-refractivity contribution in [3.63, 3.8) is 0 Å². The minimum atomic E-state index is -6.28. The molecule has 0 fully saturated rings. The van der Waals surface area contributed by atoms with Gasteiger partial charge in [-0.15, -0.1) is 0 Å². The van der Waals surface area contributed by atoms with Crippen LogP contribution in [0.3, 0.4) is 0 Å². The Kier molecular flexibility index (Phi) is 8.21. The molecule has 0 aliphatic rings. The van der Waals surface area contributed by atoms with Gasteiger partial charge in [0.05, 0.1) is 0 Å². The zero-order valence-corrected chi connectivity index (χ0v) is 18.6. The maximum Gasteiger partial charge on any atom is 0.435 e. The molecule has 2 amide bonds. The van der Waals surface area contributed by atoms with E-state index in [0.717, 1.165) is 0 Å². The van der Waals surface area contributed by atoms with E-state index in [0.29, 0.717) is 12.1 Å². The van der Waals surface area contributed by atoms with Crippen LogP contribution in [-0.2, 0) is 10.4 Å². The summed E-state index contributed by atoms with van der Waals surface area (Å²) in [5, 5.41) is 4.59. The first-order valence-corrected chi connectivity index (χ1v) is 9.92. The number of rotatable bonds is 5. The van der Waals surface area contributed by atoms with Gasteiger partial charge in [0.2, 0.25) is 3.79 Å². The normalized spacial score (nSPS) is 12.8. The van der Waals surface area contributed by atoms with Crippen LogP contribution in [0.4, 0.5) is 46.9 Å². The number of anilines is 2. The third-order valence-corrected chi connectivity index (χ3v) is 4.39. The van der Waals surface area contributed by atoms with Gasteiger partial charge in [-0.2, -0.15) is 26.3 Å². The molecular weight excluding hydrogens is 544 g/mol. The van der Waals surface area contributed by atoms with Crippen LogP contribution in [0.15, 0.2) is 48.5 Å². The van der Waals surface area contributed by atoms with Crippen molar-refractivity contribution in [1.82, 2.24) is 0 Å². The van der Waals surface area contributed by atoms with Gasteiger partial charge >= 0.3 is 24.1 Å². The van der Waals surface area contributed by atoms with Crippen molar-refractivity contribution >= 4 is 58.2 Å². The highest BCUT2D eigenvalue weighted by atomic mass is 35.6. The Labute approximate surface area is 202 Å². The molecule has 5 nitrogen and oxygen atoms in total. The molecule has 2 aromatic rings. The van der Waals surface area contributed by atoms with Crippen molar-refractivity contribution in [1.29, 1.82) is 0 Å². The number of benzene rings is 2. The summed E-state index contributed by atoms with van der Waals surface area (Å²) in [6.07, 6.45) is -13.5. The second kappa shape index (κ2) is 10.0. The lowest BCUT2D eigenvalue weighted by Gasteiger charge is -2.30. The highest BCUT2D eigenvalue weighted by Crippen LogP contribution is 2.53. The largest absolute Gasteiger partial charge is 0.445 e. The van der Waals surface area contributed by atoms with E-state index >= 15 is 0 Å². The van der Waals surface area contributed by atoms with Gasteiger partial charge < -0.3 is 10.1 Å². The predicted molar refractivity (Wildman–Crippen MR) is 111 cm³/mol. The van der Waals surface area contributed by atoms with E-state index in [2.05, 4.69) is 15.4 Å². The summed E-state index contributed by atoms with van der Waals surface area (Å²) in [5.41, 5.74) is -7.50. The minimum Gasteiger partial charge on any atom is -0.445 e. The third-order valence-electron chi connectivity index (χ3n) is 4.06. The van der Waals surface area contributed by atoms with Crippen LogP contribution in [0.2, 0.25) is 0 Å². The van der Waals surface area contributed by atoms with Crippen LogP contribution in [0.5, 0.6) is 0 Å². The molecule has 186 valence electrons. The zero-order valence-electron chi connectivity index (χ0n) is 16.3. The van der Waals surface area contributed by atoms with Crippen LogP contribution in [0, 0.1) is 0 Å². The number of carbonyl (C=O) groups is 2. The molecule has 0 saturated heterocycles. The highest BCUT2D eigenvalue weighted by Gasteiger charge is 2.73. The van der Waals surface area contributed by atoms with E-state index in [4.69, 9.17) is 34.8 Å². The summed E-state index contributed by atoms with van der Waals surface area (Å²) in [5.74, 6) is -0.939. The fourth-order valence-electron chi connectivity index (χ4n) is 2.52. The van der Waals surface area contributed by atoms with Gasteiger partial charge in [-0.25, -0.2) is 9.18 Å². The maximum absolute atomic E-state index is 14.1. The lowest BCUT2D eigenvalue weighted by Crippen LogP contribution is -2.50. The Morgan fingerprint density at radius 3 is 1.76 bits per heavy atom. The fourth-order valence-corrected chi connectivity index (χ4v) is 2.68. The Morgan fingerprint density at radius 2 is 1.29 bits per heavy atom. The monoisotopic (exact) mass is 554 g/mol. The third kappa shape index (κ3) is 6.80. The van der Waals surface area contributed by atoms with Crippen molar-refractivity contribution in [2.45, 2.75) is 21.8 Å². The van der Waals surface area contributed by atoms with Gasteiger partial charge in [0.15, 0.2) is 0 Å². The molecule has 15 heteroatoms. The second-order valence-corrected chi connectivity index (χ2v) is 9.10. The smallest absolute Gasteiger partial charge is 0.435 e. The molecule has 0 heterocycles. The molecule has 2 aromatic carbocycles. The number of alkyl halides is 10. The number of halogens is 10. The predicted octanol–water partition coefficient (Wildman–Crippen LogP) is 7.15. The molecule has 2 rings (SSSR count). The molecule has 0 aliphatic carbocycles. The number of ether oxygens (including phenoxy) is 1. The van der Waals surface area contributed by atoms with E-state index in [9.17, 15) is 40.3 Å². The molecule has 0 bridgehead atoms. The molecule has 0 aromatic heterocycles. The molecule has 0 spiro atoms. The first kappa shape index (κ1) is 27.8. The zero-order chi connectivity index (χ0) is 25.9. The summed E-state index contributed by atoms with van der Waals surface area (Å²) in [4.78, 5) is 24.0. The van der Waals surface area contributed by atoms with Crippen molar-refractivity contribution in [2.24, 2.45) is 0 Å². The van der Waals surface area contributed by atoms with Gasteiger partial charge in [-0.3, -0.25) is 10.1 Å². The number of hydrogen-bond donors (Lipinski definition) is 2. The van der Waals surface area contributed by atoms with E-state index < -0.39 is 46.0 Å². The summed E-state index contributed by atoms with van der Waals surface area (Å²) in [6, 6.07) is 7.05. The van der Waals surface area contributed by atoms with Crippen LogP contribution in [-0.4, -0.2) is 34.8 Å². The Bertz CT molecular complexity index is 1030. The van der Waals surface area contributed by atoms with Gasteiger partial charge in [0.25, 0.3) is 5.91 Å². The minimum absolute atomic E-state index is 0.0821. The van der Waals surface area contributed by atoms with Crippen LogP contribution in [0.25, 0.3) is 0 Å². The van der Waals surface area contributed by atoms with Gasteiger partial charge in [-0.1, -0.05) is 53.0 Å². The highest BCUT2D eigenvalue weighted by molar-refractivity contribution is 6.67. The summed E-state index contributed by atoms with van der Waals surface area (Å²) in [6.45, 7) is -0.557. The van der Waals surface area contributed by atoms with E-state index in [1.807, 2.05) is 0 Å². The first-order chi connectivity index (χ1) is 15.4. The molecule has 34 heavy (non-hydrogen) atoms. The summed E-state index contributed by atoms with van der Waals surface area (Å²) < 4.78 is 93.9. The second-order valence-electron chi connectivity index (χ2n) is 6.58. The van der Waals surface area contributed by atoms with E-state index in [1.165, 1.54) is 24.3 Å². The van der Waals surface area contributed by atoms with E-state index in [1.54, 1.807) is 0 Å². The number of amides is 2. The van der Waals surface area contributed by atoms with Crippen LogP contribution < -0.4 is 10.6 Å². The Hall–Kier alpha value is -2.44. The maximum atomic E-state index is 14.1. The molecule has 0 atom stereocenters. The Morgan fingerprint density at radius 1 is 0.794 bits per heavy atom. The lowest BCUT2D eigenvalue weighted by molar-refractivity contribution is -0.348. The van der Waals surface area contributed by atoms with Gasteiger partial charge in [-0.05, 0) is 30.3 Å². The molecule has 0 radical (unpaired) electrons. The van der Waals surface area contributed by atoms with Gasteiger partial charge in [0.1, 0.15) is 6.61 Å². The van der Waals surface area contributed by atoms with Crippen molar-refractivity contribution in [2.75, 3.05) is 17.2 Å². The molecule has 0 unspecified atom stereocenters. The number of carbonyl (C=O) groups excluding carboxylic acids is 2. The average molecular weight is 556 g/mol. The lowest BCUT2D eigenvalue weighted by atomic mass is 9.93. The van der Waals surface area contributed by atoms with Crippen molar-refractivity contribution in [3.8, 4) is 0 Å². The standard InChI is InChI=1S/C19H12Cl3F7N2O3/c20-16(21,22)9-34-15(33)31-13-3-1-2-12(8-13)30-14(32)10-4-6-11(7-5-10)17(23,18(24,25)26)19(27,28)29/h1-8H,9H2,(H,30,32)(H,31,33). The first-order valence-electron chi connectivity index (χ1n) is 8.79. The summed E-state index contributed by atoms with van der Waals surface area (Å²) in [7, 11) is 0. The fraction of sp³-hybridized carbons (Fsp3) is 0.263. The Balaban J connectivity index is 2.14. The molecule has 0 saturated carbocycles. The average Bonchev–Trinajstić information content (AvgIpc) is 2.70. The molecule has 2 N–H and O–H groups in total. The number of nitrogens with one attached hydrogen (secondary N) is 2. The van der Waals surface area contributed by atoms with Crippen molar-refractivity contribution < 1.29 is 45.1 Å². The van der Waals surface area contributed by atoms with Gasteiger partial charge in [0, 0.05) is 22.5 Å². The quantitative estimate of drug-likeness (QED) is 0.304. The van der Waals surface area contributed by atoms with Crippen molar-refractivity contribution in [3.05, 3.63) is 59.7 Å². The molecule has 0 aliphatic heterocycles. The van der Waals surface area contributed by atoms with Crippen LogP contribution in [0.1, 0.15) is 15.9 Å². The summed E-state index contributed by atoms with van der Waals surface area (Å²) >= 11 is 16.3. The number of hydrogen-bond acceptors (Lipinski definition) is 3. The van der Waals surface area contributed by atoms with E-state index in [-0.39, 0.29) is 29.1 Å².